The molecule has 1 fully saturated rings. The summed E-state index contributed by atoms with van der Waals surface area (Å²) in [7, 11) is 0. The third-order valence-electron chi connectivity index (χ3n) is 3.15. The standard InChI is InChI=1S/C10H10FN/c11-6-1-2-7-5(3-6)4-8-9(7)10(8)12/h1-3,8-10H,4,12H2. The molecule has 3 atom stereocenters. The zero-order valence-electron chi connectivity index (χ0n) is 6.63. The molecule has 62 valence electrons. The second-order valence-corrected chi connectivity index (χ2v) is 3.81. The van der Waals surface area contributed by atoms with Crippen molar-refractivity contribution in [1.29, 1.82) is 0 Å². The molecule has 2 N–H and O–H groups in total. The normalized spacial score (nSPS) is 36.0. The van der Waals surface area contributed by atoms with E-state index in [-0.39, 0.29) is 5.82 Å². The van der Waals surface area contributed by atoms with E-state index in [4.69, 9.17) is 5.73 Å². The molecule has 0 heterocycles. The molecule has 1 nitrogen and oxygen atoms in total. The Hall–Kier alpha value is -0.890. The van der Waals surface area contributed by atoms with Crippen LogP contribution in [-0.4, -0.2) is 6.04 Å². The molecule has 12 heavy (non-hydrogen) atoms. The van der Waals surface area contributed by atoms with Gasteiger partial charge in [-0.15, -0.1) is 0 Å². The number of nitrogens with two attached hydrogens (primary N) is 1. The minimum Gasteiger partial charge on any atom is -0.327 e. The van der Waals surface area contributed by atoms with Crippen LogP contribution in [0.2, 0.25) is 0 Å². The van der Waals surface area contributed by atoms with Gasteiger partial charge in [0.1, 0.15) is 5.82 Å². The summed E-state index contributed by atoms with van der Waals surface area (Å²) in [5.41, 5.74) is 8.29. The van der Waals surface area contributed by atoms with Crippen LogP contribution >= 0.6 is 0 Å². The first-order valence-corrected chi connectivity index (χ1v) is 4.31. The van der Waals surface area contributed by atoms with E-state index >= 15 is 0 Å². The first kappa shape index (κ1) is 6.61. The third kappa shape index (κ3) is 0.661. The zero-order valence-corrected chi connectivity index (χ0v) is 6.63. The van der Waals surface area contributed by atoms with Crippen molar-refractivity contribution in [3.8, 4) is 0 Å². The molecule has 0 aliphatic heterocycles. The molecular formula is C10H10FN. The highest BCUT2D eigenvalue weighted by Crippen LogP contribution is 2.54. The Bertz CT molecular complexity index is 348. The number of rotatable bonds is 0. The van der Waals surface area contributed by atoms with E-state index in [1.54, 1.807) is 6.07 Å². The summed E-state index contributed by atoms with van der Waals surface area (Å²) in [5, 5.41) is 0. The highest BCUT2D eigenvalue weighted by molar-refractivity contribution is 5.44. The lowest BCUT2D eigenvalue weighted by Crippen LogP contribution is -2.08. The lowest BCUT2D eigenvalue weighted by molar-refractivity contribution is 0.624. The van der Waals surface area contributed by atoms with Crippen LogP contribution in [0.25, 0.3) is 0 Å². The van der Waals surface area contributed by atoms with Crippen molar-refractivity contribution in [2.45, 2.75) is 18.4 Å². The predicted octanol–water partition coefficient (Wildman–Crippen LogP) is 1.42. The SMILES string of the molecule is NC1C2Cc3cc(F)ccc3C12. The molecular weight excluding hydrogens is 153 g/mol. The number of hydrogen-bond acceptors (Lipinski definition) is 1. The van der Waals surface area contributed by atoms with E-state index in [0.717, 1.165) is 6.42 Å². The van der Waals surface area contributed by atoms with Gasteiger partial charge in [0.2, 0.25) is 0 Å². The van der Waals surface area contributed by atoms with Crippen LogP contribution in [0, 0.1) is 11.7 Å². The summed E-state index contributed by atoms with van der Waals surface area (Å²) in [6, 6.07) is 5.42. The Morgan fingerprint density at radius 2 is 2.25 bits per heavy atom. The van der Waals surface area contributed by atoms with Gasteiger partial charge >= 0.3 is 0 Å². The molecule has 1 saturated carbocycles. The number of hydrogen-bond donors (Lipinski definition) is 1. The maximum atomic E-state index is 12.8. The van der Waals surface area contributed by atoms with E-state index in [0.29, 0.717) is 17.9 Å². The van der Waals surface area contributed by atoms with Gasteiger partial charge in [-0.2, -0.15) is 0 Å². The minimum absolute atomic E-state index is 0.122. The van der Waals surface area contributed by atoms with Crippen LogP contribution in [0.5, 0.6) is 0 Å². The smallest absolute Gasteiger partial charge is 0.123 e. The molecule has 0 spiro atoms. The van der Waals surface area contributed by atoms with Crippen molar-refractivity contribution in [2.75, 3.05) is 0 Å². The van der Waals surface area contributed by atoms with Crippen molar-refractivity contribution in [2.24, 2.45) is 11.7 Å². The highest BCUT2D eigenvalue weighted by Gasteiger charge is 2.53. The molecule has 0 amide bonds. The average molecular weight is 163 g/mol. The number of benzene rings is 1. The van der Waals surface area contributed by atoms with E-state index in [2.05, 4.69) is 0 Å². The Kier molecular flexibility index (Phi) is 1.04. The van der Waals surface area contributed by atoms with Crippen LogP contribution in [0.3, 0.4) is 0 Å². The molecule has 0 radical (unpaired) electrons. The van der Waals surface area contributed by atoms with Crippen molar-refractivity contribution >= 4 is 0 Å². The van der Waals surface area contributed by atoms with Gasteiger partial charge in [0.15, 0.2) is 0 Å². The molecule has 1 aromatic rings. The largest absolute Gasteiger partial charge is 0.327 e. The molecule has 0 aromatic heterocycles. The van der Waals surface area contributed by atoms with Gasteiger partial charge in [-0.05, 0) is 35.6 Å². The fraction of sp³-hybridized carbons (Fsp3) is 0.400. The van der Waals surface area contributed by atoms with Gasteiger partial charge in [-0.3, -0.25) is 0 Å². The highest BCUT2D eigenvalue weighted by atomic mass is 19.1. The van der Waals surface area contributed by atoms with Crippen molar-refractivity contribution < 1.29 is 4.39 Å². The zero-order chi connectivity index (χ0) is 8.29. The van der Waals surface area contributed by atoms with Crippen LogP contribution in [0.1, 0.15) is 17.0 Å². The lowest BCUT2D eigenvalue weighted by Gasteiger charge is -2.03. The number of fused-ring (bicyclic) bond motifs is 3. The maximum absolute atomic E-state index is 12.8. The summed E-state index contributed by atoms with van der Waals surface area (Å²) in [6.45, 7) is 0. The maximum Gasteiger partial charge on any atom is 0.123 e. The Labute approximate surface area is 70.4 Å². The molecule has 3 unspecified atom stereocenters. The Morgan fingerprint density at radius 3 is 3.08 bits per heavy atom. The van der Waals surface area contributed by atoms with Crippen molar-refractivity contribution in [3.63, 3.8) is 0 Å². The van der Waals surface area contributed by atoms with Crippen LogP contribution < -0.4 is 5.73 Å². The quantitative estimate of drug-likeness (QED) is 0.615. The van der Waals surface area contributed by atoms with Gasteiger partial charge in [0, 0.05) is 12.0 Å². The van der Waals surface area contributed by atoms with E-state index in [1.807, 2.05) is 6.07 Å². The summed E-state index contributed by atoms with van der Waals surface area (Å²) in [6.07, 6.45) is 0.985. The summed E-state index contributed by atoms with van der Waals surface area (Å²) in [5.74, 6) is 1.03. The van der Waals surface area contributed by atoms with Crippen LogP contribution in [-0.2, 0) is 6.42 Å². The molecule has 2 aliphatic carbocycles. The molecule has 2 aliphatic rings. The predicted molar refractivity (Wildman–Crippen MR) is 44.3 cm³/mol. The van der Waals surface area contributed by atoms with Crippen molar-refractivity contribution in [3.05, 3.63) is 35.1 Å². The number of halogens is 1. The minimum atomic E-state index is -0.122. The van der Waals surface area contributed by atoms with E-state index < -0.39 is 0 Å². The summed E-state index contributed by atoms with van der Waals surface area (Å²) >= 11 is 0. The fourth-order valence-corrected chi connectivity index (χ4v) is 2.43. The fourth-order valence-electron chi connectivity index (χ4n) is 2.43. The molecule has 2 heteroatoms. The van der Waals surface area contributed by atoms with Gasteiger partial charge in [0.25, 0.3) is 0 Å². The van der Waals surface area contributed by atoms with E-state index in [1.165, 1.54) is 17.2 Å². The second-order valence-electron chi connectivity index (χ2n) is 3.81. The second kappa shape index (κ2) is 1.88. The van der Waals surface area contributed by atoms with Gasteiger partial charge in [-0.25, -0.2) is 4.39 Å². The van der Waals surface area contributed by atoms with Crippen molar-refractivity contribution in [1.82, 2.24) is 0 Å². The van der Waals surface area contributed by atoms with Crippen LogP contribution in [0.4, 0.5) is 4.39 Å². The molecule has 0 bridgehead atoms. The summed E-state index contributed by atoms with van der Waals surface area (Å²) < 4.78 is 12.8. The molecule has 3 rings (SSSR count). The van der Waals surface area contributed by atoms with Gasteiger partial charge in [0.05, 0.1) is 0 Å². The molecule has 1 aromatic carbocycles. The van der Waals surface area contributed by atoms with E-state index in [9.17, 15) is 4.39 Å². The molecule has 0 saturated heterocycles. The first-order valence-electron chi connectivity index (χ1n) is 4.31. The van der Waals surface area contributed by atoms with Gasteiger partial charge < -0.3 is 5.73 Å². The topological polar surface area (TPSA) is 26.0 Å². The lowest BCUT2D eigenvalue weighted by atomic mass is 10.1. The van der Waals surface area contributed by atoms with Crippen LogP contribution in [0.15, 0.2) is 18.2 Å². The third-order valence-corrected chi connectivity index (χ3v) is 3.15. The van der Waals surface area contributed by atoms with Gasteiger partial charge in [-0.1, -0.05) is 6.07 Å². The Balaban J connectivity index is 2.11. The summed E-state index contributed by atoms with van der Waals surface area (Å²) in [4.78, 5) is 0. The average Bonchev–Trinajstić information content (AvgIpc) is 2.57. The monoisotopic (exact) mass is 163 g/mol. The Morgan fingerprint density at radius 1 is 1.42 bits per heavy atom. The first-order chi connectivity index (χ1) is 5.77.